The molecule has 0 saturated carbocycles. The van der Waals surface area contributed by atoms with Crippen molar-refractivity contribution in [3.05, 3.63) is 27.0 Å². The summed E-state index contributed by atoms with van der Waals surface area (Å²) in [6.45, 7) is 0.100. The normalized spacial score (nSPS) is 23.6. The standard InChI is InChI=1S/C9H13N3O6S/c13-7-6(3-10-8(14)12-7)19(16,17)11-4-9(15)1-2-18-5-9/h3,11,15H,1-2,4-5H2,(H2,10,12,13,14). The zero-order valence-electron chi connectivity index (χ0n) is 9.80. The summed E-state index contributed by atoms with van der Waals surface area (Å²) in [5.74, 6) is 0. The lowest BCUT2D eigenvalue weighted by Gasteiger charge is -2.20. The second kappa shape index (κ2) is 4.89. The summed E-state index contributed by atoms with van der Waals surface area (Å²) in [7, 11) is -4.11. The molecule has 1 aromatic rings. The van der Waals surface area contributed by atoms with Crippen molar-refractivity contribution in [2.24, 2.45) is 0 Å². The fourth-order valence-corrected chi connectivity index (χ4v) is 2.76. The Labute approximate surface area is 107 Å². The van der Waals surface area contributed by atoms with Gasteiger partial charge in [0.05, 0.1) is 6.61 Å². The minimum Gasteiger partial charge on any atom is -0.386 e. The molecule has 106 valence electrons. The van der Waals surface area contributed by atoms with Gasteiger partial charge < -0.3 is 14.8 Å². The molecule has 0 aliphatic carbocycles. The first-order valence-corrected chi connectivity index (χ1v) is 6.93. The molecule has 1 saturated heterocycles. The van der Waals surface area contributed by atoms with Gasteiger partial charge in [0.25, 0.3) is 5.56 Å². The number of aromatic nitrogens is 2. The minimum absolute atomic E-state index is 0.0253. The van der Waals surface area contributed by atoms with Crippen LogP contribution >= 0.6 is 0 Å². The van der Waals surface area contributed by atoms with Crippen molar-refractivity contribution in [3.8, 4) is 0 Å². The Morgan fingerprint density at radius 3 is 2.79 bits per heavy atom. The molecule has 1 aliphatic rings. The quantitative estimate of drug-likeness (QED) is 0.483. The molecule has 1 fully saturated rings. The number of nitrogens with one attached hydrogen (secondary N) is 3. The summed E-state index contributed by atoms with van der Waals surface area (Å²) in [5.41, 5.74) is -3.10. The molecule has 4 N–H and O–H groups in total. The third-order valence-corrected chi connectivity index (χ3v) is 4.16. The summed E-state index contributed by atoms with van der Waals surface area (Å²) in [4.78, 5) is 25.4. The third-order valence-electron chi connectivity index (χ3n) is 2.75. The van der Waals surface area contributed by atoms with E-state index in [9.17, 15) is 23.1 Å². The number of ether oxygens (including phenoxy) is 1. The highest BCUT2D eigenvalue weighted by atomic mass is 32.2. The van der Waals surface area contributed by atoms with Crippen molar-refractivity contribution in [1.82, 2.24) is 14.7 Å². The second-order valence-corrected chi connectivity index (χ2v) is 6.02. The summed E-state index contributed by atoms with van der Waals surface area (Å²) in [5, 5.41) is 9.92. The Morgan fingerprint density at radius 1 is 1.47 bits per heavy atom. The van der Waals surface area contributed by atoms with E-state index in [1.54, 1.807) is 0 Å². The van der Waals surface area contributed by atoms with Gasteiger partial charge in [0.2, 0.25) is 10.0 Å². The van der Waals surface area contributed by atoms with E-state index >= 15 is 0 Å². The molecule has 0 radical (unpaired) electrons. The fourth-order valence-electron chi connectivity index (χ4n) is 1.64. The number of hydrogen-bond acceptors (Lipinski definition) is 6. The van der Waals surface area contributed by atoms with Gasteiger partial charge in [0.15, 0.2) is 4.90 Å². The van der Waals surface area contributed by atoms with Crippen molar-refractivity contribution in [1.29, 1.82) is 0 Å². The lowest BCUT2D eigenvalue weighted by atomic mass is 10.1. The SMILES string of the molecule is O=c1[nH]cc(S(=O)(=O)NCC2(O)CCOC2)c(=O)[nH]1. The van der Waals surface area contributed by atoms with Gasteiger partial charge in [-0.15, -0.1) is 0 Å². The molecule has 0 bridgehead atoms. The summed E-state index contributed by atoms with van der Waals surface area (Å²) >= 11 is 0. The van der Waals surface area contributed by atoms with Crippen molar-refractivity contribution in [2.75, 3.05) is 19.8 Å². The van der Waals surface area contributed by atoms with Crippen LogP contribution in [0.15, 0.2) is 20.7 Å². The van der Waals surface area contributed by atoms with Crippen LogP contribution in [0.1, 0.15) is 6.42 Å². The lowest BCUT2D eigenvalue weighted by Crippen LogP contribution is -2.44. The lowest BCUT2D eigenvalue weighted by molar-refractivity contribution is 0.0314. The molecule has 0 spiro atoms. The van der Waals surface area contributed by atoms with E-state index in [2.05, 4.69) is 9.71 Å². The molecule has 2 heterocycles. The molecular weight excluding hydrogens is 278 g/mol. The van der Waals surface area contributed by atoms with Crippen molar-refractivity contribution in [3.63, 3.8) is 0 Å². The van der Waals surface area contributed by atoms with Gasteiger partial charge in [0, 0.05) is 25.8 Å². The zero-order chi connectivity index (χ0) is 14.1. The molecule has 1 aromatic heterocycles. The van der Waals surface area contributed by atoms with E-state index < -0.39 is 31.8 Å². The number of rotatable bonds is 4. The van der Waals surface area contributed by atoms with Crippen LogP contribution in [0, 0.1) is 0 Å². The van der Waals surface area contributed by atoms with Crippen LogP contribution in [0.3, 0.4) is 0 Å². The number of aliphatic hydroxyl groups is 1. The van der Waals surface area contributed by atoms with Crippen LogP contribution < -0.4 is 16.0 Å². The van der Waals surface area contributed by atoms with Gasteiger partial charge in [-0.25, -0.2) is 17.9 Å². The molecule has 9 nitrogen and oxygen atoms in total. The van der Waals surface area contributed by atoms with E-state index in [1.807, 2.05) is 4.98 Å². The largest absolute Gasteiger partial charge is 0.386 e. The molecule has 10 heteroatoms. The van der Waals surface area contributed by atoms with Crippen LogP contribution in [0.2, 0.25) is 0 Å². The van der Waals surface area contributed by atoms with E-state index in [0.29, 0.717) is 13.0 Å². The molecule has 0 aromatic carbocycles. The minimum atomic E-state index is -4.11. The highest BCUT2D eigenvalue weighted by Gasteiger charge is 2.34. The van der Waals surface area contributed by atoms with Crippen LogP contribution in [-0.2, 0) is 14.8 Å². The summed E-state index contributed by atoms with van der Waals surface area (Å²) in [6, 6.07) is 0. The Bertz CT molecular complexity index is 670. The number of sulfonamides is 1. The third kappa shape index (κ3) is 3.10. The van der Waals surface area contributed by atoms with E-state index in [-0.39, 0.29) is 13.2 Å². The predicted molar refractivity (Wildman–Crippen MR) is 63.3 cm³/mol. The Kier molecular flexibility index (Phi) is 3.58. The molecular formula is C9H13N3O6S. The van der Waals surface area contributed by atoms with E-state index in [4.69, 9.17) is 4.74 Å². The molecule has 0 amide bonds. The van der Waals surface area contributed by atoms with Gasteiger partial charge in [-0.3, -0.25) is 9.78 Å². The monoisotopic (exact) mass is 291 g/mol. The maximum atomic E-state index is 11.9. The van der Waals surface area contributed by atoms with Gasteiger partial charge in [-0.05, 0) is 0 Å². The first-order chi connectivity index (χ1) is 8.82. The Morgan fingerprint density at radius 2 is 2.21 bits per heavy atom. The number of aromatic amines is 2. The first-order valence-electron chi connectivity index (χ1n) is 5.44. The van der Waals surface area contributed by atoms with Crippen LogP contribution in [0.25, 0.3) is 0 Å². The second-order valence-electron chi connectivity index (χ2n) is 4.29. The Balaban J connectivity index is 2.18. The number of hydrogen-bond donors (Lipinski definition) is 4. The van der Waals surface area contributed by atoms with Gasteiger partial charge in [0.1, 0.15) is 5.60 Å². The van der Waals surface area contributed by atoms with Crippen molar-refractivity contribution in [2.45, 2.75) is 16.9 Å². The topological polar surface area (TPSA) is 141 Å². The summed E-state index contributed by atoms with van der Waals surface area (Å²) in [6.07, 6.45) is 1.11. The van der Waals surface area contributed by atoms with Gasteiger partial charge in [-0.1, -0.05) is 0 Å². The maximum absolute atomic E-state index is 11.9. The summed E-state index contributed by atoms with van der Waals surface area (Å²) < 4.78 is 30.8. The van der Waals surface area contributed by atoms with Crippen LogP contribution in [0.4, 0.5) is 0 Å². The van der Waals surface area contributed by atoms with Crippen molar-refractivity contribution < 1.29 is 18.3 Å². The maximum Gasteiger partial charge on any atom is 0.325 e. The van der Waals surface area contributed by atoms with Gasteiger partial charge in [-0.2, -0.15) is 0 Å². The fraction of sp³-hybridized carbons (Fsp3) is 0.556. The molecule has 1 atom stereocenters. The molecule has 1 unspecified atom stereocenters. The average Bonchev–Trinajstić information content (AvgIpc) is 2.74. The number of H-pyrrole nitrogens is 2. The van der Waals surface area contributed by atoms with Gasteiger partial charge >= 0.3 is 5.69 Å². The Hall–Kier alpha value is -1.49. The van der Waals surface area contributed by atoms with Crippen LogP contribution in [-0.4, -0.2) is 48.9 Å². The van der Waals surface area contributed by atoms with E-state index in [1.165, 1.54) is 0 Å². The molecule has 1 aliphatic heterocycles. The average molecular weight is 291 g/mol. The van der Waals surface area contributed by atoms with E-state index in [0.717, 1.165) is 6.20 Å². The van der Waals surface area contributed by atoms with Crippen molar-refractivity contribution >= 4 is 10.0 Å². The van der Waals surface area contributed by atoms with Crippen LogP contribution in [0.5, 0.6) is 0 Å². The zero-order valence-corrected chi connectivity index (χ0v) is 10.6. The predicted octanol–water partition coefficient (Wildman–Crippen LogP) is -2.51. The first kappa shape index (κ1) is 13.9. The highest BCUT2D eigenvalue weighted by Crippen LogP contribution is 2.17. The highest BCUT2D eigenvalue weighted by molar-refractivity contribution is 7.89. The molecule has 19 heavy (non-hydrogen) atoms. The smallest absolute Gasteiger partial charge is 0.325 e. The molecule has 2 rings (SSSR count).